The van der Waals surface area contributed by atoms with Crippen LogP contribution in [0.25, 0.3) is 16.6 Å². The molecule has 1 amide bonds. The first-order valence-corrected chi connectivity index (χ1v) is 9.43. The van der Waals surface area contributed by atoms with Crippen LogP contribution in [-0.4, -0.2) is 33.1 Å². The summed E-state index contributed by atoms with van der Waals surface area (Å²) in [4.78, 5) is 33.0. The van der Waals surface area contributed by atoms with Crippen LogP contribution in [0.2, 0.25) is 0 Å². The molecule has 7 nitrogen and oxygen atoms in total. The van der Waals surface area contributed by atoms with Crippen molar-refractivity contribution in [3.05, 3.63) is 76.5 Å². The number of H-pyrrole nitrogens is 1. The zero-order chi connectivity index (χ0) is 21.9. The zero-order valence-electron chi connectivity index (χ0n) is 16.5. The fourth-order valence-corrected chi connectivity index (χ4v) is 3.86. The van der Waals surface area contributed by atoms with Gasteiger partial charge in [0, 0.05) is 38.1 Å². The maximum absolute atomic E-state index is 14.4. The van der Waals surface area contributed by atoms with Crippen LogP contribution in [0.15, 0.2) is 58.6 Å². The number of halogens is 2. The van der Waals surface area contributed by atoms with Crippen molar-refractivity contribution in [2.24, 2.45) is 18.0 Å². The molecular weight excluding hydrogens is 406 g/mol. The number of nitrogens with zero attached hydrogens (tertiary/aromatic N) is 3. The Morgan fingerprint density at radius 1 is 1.13 bits per heavy atom. The zero-order valence-corrected chi connectivity index (χ0v) is 16.5. The van der Waals surface area contributed by atoms with Gasteiger partial charge in [0.05, 0.1) is 11.4 Å². The molecule has 0 bridgehead atoms. The Morgan fingerprint density at radius 2 is 1.94 bits per heavy atom. The first-order valence-electron chi connectivity index (χ1n) is 9.43. The van der Waals surface area contributed by atoms with Crippen molar-refractivity contribution in [2.45, 2.75) is 0 Å². The standard InChI is InChI=1S/C22H16F2N4O3/c1-27-10-14(12-7-8-25-18(12)21(27)29)13-4-5-16-19(26-22(30)28(16)2)20(13)31-17-6-3-11(23)9-15(17)24/h3-10,12H,1-2H3,(H,26,30). The first kappa shape index (κ1) is 19.0. The number of allylic oxidation sites excluding steroid dienone is 2. The Kier molecular flexibility index (Phi) is 4.14. The molecule has 2 aliphatic heterocycles. The number of benzene rings is 2. The third-order valence-electron chi connectivity index (χ3n) is 5.44. The molecule has 31 heavy (non-hydrogen) atoms. The molecule has 0 fully saturated rings. The lowest BCUT2D eigenvalue weighted by Crippen LogP contribution is -2.37. The van der Waals surface area contributed by atoms with Gasteiger partial charge >= 0.3 is 5.69 Å². The number of amides is 1. The largest absolute Gasteiger partial charge is 0.451 e. The summed E-state index contributed by atoms with van der Waals surface area (Å²) in [6, 6.07) is 6.47. The predicted molar refractivity (Wildman–Crippen MR) is 111 cm³/mol. The van der Waals surface area contributed by atoms with Crippen molar-refractivity contribution in [3.63, 3.8) is 0 Å². The minimum Gasteiger partial charge on any atom is -0.451 e. The van der Waals surface area contributed by atoms with E-state index in [1.807, 2.05) is 0 Å². The Bertz CT molecular complexity index is 1410. The number of nitrogens with one attached hydrogen (secondary N) is 1. The summed E-state index contributed by atoms with van der Waals surface area (Å²) in [6.45, 7) is 0. The molecule has 0 aliphatic carbocycles. The van der Waals surface area contributed by atoms with Crippen LogP contribution in [0.1, 0.15) is 5.56 Å². The van der Waals surface area contributed by atoms with Crippen LogP contribution < -0.4 is 10.4 Å². The summed E-state index contributed by atoms with van der Waals surface area (Å²) in [5, 5.41) is 0. The Hall–Kier alpha value is -4.01. The van der Waals surface area contributed by atoms with Crippen LogP contribution in [0.3, 0.4) is 0 Å². The summed E-state index contributed by atoms with van der Waals surface area (Å²) in [6.07, 6.45) is 5.01. The van der Waals surface area contributed by atoms with E-state index in [0.29, 0.717) is 27.9 Å². The van der Waals surface area contributed by atoms with Gasteiger partial charge in [-0.15, -0.1) is 0 Å². The second-order valence-corrected chi connectivity index (χ2v) is 7.34. The number of ether oxygens (including phenoxy) is 1. The Labute approximate surface area is 174 Å². The van der Waals surface area contributed by atoms with Gasteiger partial charge < -0.3 is 14.6 Å². The SMILES string of the molecule is CN1C=C(c2ccc3c([nH]c(=O)n3C)c2Oc2ccc(F)cc2F)C2C=CN=C2C1=O. The molecule has 0 radical (unpaired) electrons. The van der Waals surface area contributed by atoms with Gasteiger partial charge in [-0.05, 0) is 29.8 Å². The minimum absolute atomic E-state index is 0.189. The van der Waals surface area contributed by atoms with E-state index in [0.717, 1.165) is 12.1 Å². The molecule has 0 saturated heterocycles. The average molecular weight is 422 g/mol. The number of aryl methyl sites for hydroxylation is 1. The molecule has 5 rings (SSSR count). The highest BCUT2D eigenvalue weighted by Crippen LogP contribution is 2.42. The van der Waals surface area contributed by atoms with Gasteiger partial charge in [0.1, 0.15) is 17.0 Å². The number of imidazole rings is 1. The van der Waals surface area contributed by atoms with Crippen LogP contribution >= 0.6 is 0 Å². The summed E-state index contributed by atoms with van der Waals surface area (Å²) in [5.74, 6) is -2.25. The fourth-order valence-electron chi connectivity index (χ4n) is 3.86. The third kappa shape index (κ3) is 2.89. The van der Waals surface area contributed by atoms with Gasteiger partial charge in [0.25, 0.3) is 5.91 Å². The number of aromatic amines is 1. The average Bonchev–Trinajstić information content (AvgIpc) is 3.33. The molecule has 3 heterocycles. The summed E-state index contributed by atoms with van der Waals surface area (Å²) < 4.78 is 35.1. The minimum atomic E-state index is -0.880. The molecule has 3 aromatic rings. The monoisotopic (exact) mass is 422 g/mol. The summed E-state index contributed by atoms with van der Waals surface area (Å²) in [7, 11) is 3.21. The van der Waals surface area contributed by atoms with Crippen molar-refractivity contribution >= 4 is 28.2 Å². The molecule has 0 spiro atoms. The second kappa shape index (κ2) is 6.76. The highest BCUT2D eigenvalue weighted by Gasteiger charge is 2.35. The molecule has 0 saturated carbocycles. The molecular formula is C22H16F2N4O3. The highest BCUT2D eigenvalue weighted by molar-refractivity contribution is 6.44. The van der Waals surface area contributed by atoms with Crippen molar-refractivity contribution < 1.29 is 18.3 Å². The molecule has 1 N–H and O–H groups in total. The van der Waals surface area contributed by atoms with E-state index < -0.39 is 17.6 Å². The lowest BCUT2D eigenvalue weighted by Gasteiger charge is -2.27. The quantitative estimate of drug-likeness (QED) is 0.703. The lowest BCUT2D eigenvalue weighted by atomic mass is 9.86. The van der Waals surface area contributed by atoms with E-state index >= 15 is 0 Å². The Morgan fingerprint density at radius 3 is 2.71 bits per heavy atom. The van der Waals surface area contributed by atoms with E-state index in [1.54, 1.807) is 44.7 Å². The topological polar surface area (TPSA) is 79.7 Å². The number of carbonyl (C=O) groups excluding carboxylic acids is 1. The van der Waals surface area contributed by atoms with E-state index in [1.165, 1.54) is 15.5 Å². The number of hydrogen-bond donors (Lipinski definition) is 1. The normalized spacial score (nSPS) is 17.7. The van der Waals surface area contributed by atoms with Crippen LogP contribution in [0.4, 0.5) is 8.78 Å². The van der Waals surface area contributed by atoms with Crippen LogP contribution in [0, 0.1) is 17.6 Å². The van der Waals surface area contributed by atoms with Gasteiger partial charge in [0.15, 0.2) is 17.3 Å². The van der Waals surface area contributed by atoms with Gasteiger partial charge in [-0.1, -0.05) is 6.08 Å². The lowest BCUT2D eigenvalue weighted by molar-refractivity contribution is -0.121. The molecule has 9 heteroatoms. The van der Waals surface area contributed by atoms with E-state index in [9.17, 15) is 18.4 Å². The van der Waals surface area contributed by atoms with Gasteiger partial charge in [0.2, 0.25) is 0 Å². The van der Waals surface area contributed by atoms with Gasteiger partial charge in [-0.3, -0.25) is 14.4 Å². The predicted octanol–water partition coefficient (Wildman–Crippen LogP) is 3.33. The smallest absolute Gasteiger partial charge is 0.326 e. The highest BCUT2D eigenvalue weighted by atomic mass is 19.1. The number of hydrogen-bond acceptors (Lipinski definition) is 4. The summed E-state index contributed by atoms with van der Waals surface area (Å²) in [5.41, 5.74) is 2.13. The first-order chi connectivity index (χ1) is 14.8. The molecule has 156 valence electrons. The number of aliphatic imine (C=N–C) groups is 1. The van der Waals surface area contributed by atoms with Crippen molar-refractivity contribution in [1.29, 1.82) is 0 Å². The van der Waals surface area contributed by atoms with Gasteiger partial charge in [-0.2, -0.15) is 0 Å². The maximum atomic E-state index is 14.4. The van der Waals surface area contributed by atoms with Crippen molar-refractivity contribution in [3.8, 4) is 11.5 Å². The molecule has 1 unspecified atom stereocenters. The van der Waals surface area contributed by atoms with Crippen molar-refractivity contribution in [2.75, 3.05) is 7.05 Å². The number of fused-ring (bicyclic) bond motifs is 2. The molecule has 1 atom stereocenters. The number of rotatable bonds is 3. The van der Waals surface area contributed by atoms with E-state index in [2.05, 4.69) is 9.98 Å². The second-order valence-electron chi connectivity index (χ2n) is 7.34. The van der Waals surface area contributed by atoms with Crippen molar-refractivity contribution in [1.82, 2.24) is 14.5 Å². The van der Waals surface area contributed by atoms with Crippen LogP contribution in [0.5, 0.6) is 11.5 Å². The molecule has 2 aromatic carbocycles. The van der Waals surface area contributed by atoms with E-state index in [-0.39, 0.29) is 23.1 Å². The van der Waals surface area contributed by atoms with Crippen LogP contribution in [-0.2, 0) is 11.8 Å². The molecule has 1 aromatic heterocycles. The molecule has 2 aliphatic rings. The maximum Gasteiger partial charge on any atom is 0.326 e. The fraction of sp³-hybridized carbons (Fsp3) is 0.136. The number of aromatic nitrogens is 2. The van der Waals surface area contributed by atoms with Gasteiger partial charge in [-0.25, -0.2) is 13.6 Å². The number of carbonyl (C=O) groups is 1. The Balaban J connectivity index is 1.75. The third-order valence-corrected chi connectivity index (χ3v) is 5.44. The van der Waals surface area contributed by atoms with E-state index in [4.69, 9.17) is 4.74 Å². The summed E-state index contributed by atoms with van der Waals surface area (Å²) >= 11 is 0.